The molecular formula is C20H21ClN2O3. The van der Waals surface area contributed by atoms with Gasteiger partial charge in [0.05, 0.1) is 18.8 Å². The van der Waals surface area contributed by atoms with Crippen molar-refractivity contribution in [2.45, 2.75) is 31.4 Å². The third-order valence-electron chi connectivity index (χ3n) is 5.00. The number of aliphatic hydroxyl groups excluding tert-OH is 1. The van der Waals surface area contributed by atoms with E-state index in [2.05, 4.69) is 5.32 Å². The van der Waals surface area contributed by atoms with Crippen LogP contribution < -0.4 is 10.1 Å². The molecule has 2 aliphatic heterocycles. The number of likely N-dealkylation sites (tertiary alicyclic amines) is 1. The number of hydrogen-bond donors (Lipinski definition) is 2. The lowest BCUT2D eigenvalue weighted by Crippen LogP contribution is -2.36. The monoisotopic (exact) mass is 372 g/mol. The smallest absolute Gasteiger partial charge is 0.322 e. The number of aryl methyl sites for hydroxylation is 1. The molecule has 2 N–H and O–H groups in total. The topological polar surface area (TPSA) is 61.8 Å². The second-order valence-corrected chi connectivity index (χ2v) is 7.19. The normalized spacial score (nSPS) is 21.8. The number of nitrogens with one attached hydrogen (secondary N) is 1. The Morgan fingerprint density at radius 3 is 2.85 bits per heavy atom. The second kappa shape index (κ2) is 7.17. The number of hydrogen-bond acceptors (Lipinski definition) is 3. The average Bonchev–Trinajstić information content (AvgIpc) is 3.04. The predicted octanol–water partition coefficient (Wildman–Crippen LogP) is 4.00. The zero-order chi connectivity index (χ0) is 18.1. The molecular weight excluding hydrogens is 352 g/mol. The molecule has 0 saturated carbocycles. The van der Waals surface area contributed by atoms with Crippen molar-refractivity contribution in [1.82, 2.24) is 4.90 Å². The van der Waals surface area contributed by atoms with E-state index in [9.17, 15) is 9.90 Å². The standard InChI is InChI=1S/C20H21ClN2O3/c21-15-5-3-13(4-6-15)19-17(24)9-10-23(19)20(25)22-16-7-8-18-14(12-16)2-1-11-26-18/h3-8,12,17,19,24H,1-2,9-11H2,(H,22,25)/t17-,19-/m1/s1. The molecule has 0 bridgehead atoms. The Hall–Kier alpha value is -2.24. The van der Waals surface area contributed by atoms with Gasteiger partial charge in [-0.25, -0.2) is 4.79 Å². The molecule has 0 aromatic heterocycles. The summed E-state index contributed by atoms with van der Waals surface area (Å²) in [6.07, 6.45) is 1.91. The molecule has 5 nitrogen and oxygen atoms in total. The minimum atomic E-state index is -0.584. The van der Waals surface area contributed by atoms with Crippen molar-refractivity contribution in [2.24, 2.45) is 0 Å². The molecule has 2 aliphatic rings. The SMILES string of the molecule is O=C(Nc1ccc2c(c1)CCCO2)N1CC[C@@H](O)[C@H]1c1ccc(Cl)cc1. The number of amides is 2. The van der Waals surface area contributed by atoms with Crippen LogP contribution in [0.25, 0.3) is 0 Å². The minimum absolute atomic E-state index is 0.210. The largest absolute Gasteiger partial charge is 0.493 e. The Balaban J connectivity index is 1.52. The van der Waals surface area contributed by atoms with Gasteiger partial charge in [-0.15, -0.1) is 0 Å². The Labute approximate surface area is 157 Å². The highest BCUT2D eigenvalue weighted by atomic mass is 35.5. The summed E-state index contributed by atoms with van der Waals surface area (Å²) in [7, 11) is 0. The Morgan fingerprint density at radius 1 is 1.23 bits per heavy atom. The lowest BCUT2D eigenvalue weighted by Gasteiger charge is -2.27. The molecule has 2 atom stereocenters. The van der Waals surface area contributed by atoms with E-state index >= 15 is 0 Å². The van der Waals surface area contributed by atoms with Crippen LogP contribution in [0.3, 0.4) is 0 Å². The Kier molecular flexibility index (Phi) is 4.74. The first kappa shape index (κ1) is 17.2. The van der Waals surface area contributed by atoms with Crippen molar-refractivity contribution in [3.05, 3.63) is 58.6 Å². The van der Waals surface area contributed by atoms with Gasteiger partial charge in [-0.3, -0.25) is 0 Å². The van der Waals surface area contributed by atoms with Gasteiger partial charge < -0.3 is 20.1 Å². The fourth-order valence-corrected chi connectivity index (χ4v) is 3.83. The Bertz CT molecular complexity index is 809. The van der Waals surface area contributed by atoms with E-state index in [0.29, 0.717) is 18.0 Å². The Morgan fingerprint density at radius 2 is 2.04 bits per heavy atom. The quantitative estimate of drug-likeness (QED) is 0.837. The number of carbonyl (C=O) groups excluding carboxylic acids is 1. The molecule has 0 unspecified atom stereocenters. The summed E-state index contributed by atoms with van der Waals surface area (Å²) in [5.41, 5.74) is 2.74. The molecule has 4 rings (SSSR count). The van der Waals surface area contributed by atoms with Crippen molar-refractivity contribution in [2.75, 3.05) is 18.5 Å². The number of halogens is 1. The number of urea groups is 1. The fraction of sp³-hybridized carbons (Fsp3) is 0.350. The number of ether oxygens (including phenoxy) is 1. The molecule has 1 saturated heterocycles. The van der Waals surface area contributed by atoms with Crippen molar-refractivity contribution < 1.29 is 14.6 Å². The number of aliphatic hydroxyl groups is 1. The fourth-order valence-electron chi connectivity index (χ4n) is 3.70. The third kappa shape index (κ3) is 3.37. The highest BCUT2D eigenvalue weighted by Crippen LogP contribution is 2.34. The molecule has 136 valence electrons. The third-order valence-corrected chi connectivity index (χ3v) is 5.25. The molecule has 1 fully saturated rings. The van der Waals surface area contributed by atoms with Gasteiger partial charge in [-0.2, -0.15) is 0 Å². The molecule has 26 heavy (non-hydrogen) atoms. The van der Waals surface area contributed by atoms with Crippen LogP contribution in [0.4, 0.5) is 10.5 Å². The van der Waals surface area contributed by atoms with E-state index in [4.69, 9.17) is 16.3 Å². The first-order valence-corrected chi connectivity index (χ1v) is 9.26. The zero-order valence-electron chi connectivity index (χ0n) is 14.3. The van der Waals surface area contributed by atoms with Gasteiger partial charge in [-0.1, -0.05) is 23.7 Å². The van der Waals surface area contributed by atoms with E-state index in [-0.39, 0.29) is 12.1 Å². The van der Waals surface area contributed by atoms with Crippen LogP contribution in [0.15, 0.2) is 42.5 Å². The number of nitrogens with zero attached hydrogens (tertiary/aromatic N) is 1. The lowest BCUT2D eigenvalue weighted by molar-refractivity contribution is 0.127. The van der Waals surface area contributed by atoms with E-state index in [0.717, 1.165) is 42.0 Å². The van der Waals surface area contributed by atoms with Crippen molar-refractivity contribution >= 4 is 23.3 Å². The number of benzene rings is 2. The summed E-state index contributed by atoms with van der Waals surface area (Å²) in [5, 5.41) is 14.0. The molecule has 2 aromatic rings. The van der Waals surface area contributed by atoms with E-state index in [1.807, 2.05) is 30.3 Å². The summed E-state index contributed by atoms with van der Waals surface area (Å²) in [6.45, 7) is 1.25. The molecule has 2 heterocycles. The second-order valence-electron chi connectivity index (χ2n) is 6.75. The highest BCUT2D eigenvalue weighted by Gasteiger charge is 2.37. The molecule has 0 aliphatic carbocycles. The van der Waals surface area contributed by atoms with Crippen molar-refractivity contribution in [3.8, 4) is 5.75 Å². The number of carbonyl (C=O) groups is 1. The molecule has 0 spiro atoms. The van der Waals surface area contributed by atoms with E-state index in [1.165, 1.54) is 0 Å². The van der Waals surface area contributed by atoms with Gasteiger partial charge in [0.1, 0.15) is 5.75 Å². The average molecular weight is 373 g/mol. The van der Waals surface area contributed by atoms with Gasteiger partial charge in [0.15, 0.2) is 0 Å². The van der Waals surface area contributed by atoms with E-state index in [1.54, 1.807) is 17.0 Å². The minimum Gasteiger partial charge on any atom is -0.493 e. The van der Waals surface area contributed by atoms with Gasteiger partial charge in [0, 0.05) is 17.3 Å². The van der Waals surface area contributed by atoms with Crippen LogP contribution in [0.5, 0.6) is 5.75 Å². The summed E-state index contributed by atoms with van der Waals surface area (Å²) < 4.78 is 5.61. The van der Waals surface area contributed by atoms with Crippen LogP contribution in [-0.2, 0) is 6.42 Å². The van der Waals surface area contributed by atoms with Gasteiger partial charge in [-0.05, 0) is 60.7 Å². The lowest BCUT2D eigenvalue weighted by atomic mass is 10.0. The molecule has 6 heteroatoms. The van der Waals surface area contributed by atoms with Crippen LogP contribution in [0.1, 0.15) is 30.0 Å². The number of anilines is 1. The first-order chi connectivity index (χ1) is 12.6. The zero-order valence-corrected chi connectivity index (χ0v) is 15.1. The van der Waals surface area contributed by atoms with Crippen molar-refractivity contribution in [1.29, 1.82) is 0 Å². The van der Waals surface area contributed by atoms with Crippen LogP contribution in [0.2, 0.25) is 5.02 Å². The van der Waals surface area contributed by atoms with Crippen LogP contribution in [-0.4, -0.2) is 35.3 Å². The first-order valence-electron chi connectivity index (χ1n) is 8.89. The number of fused-ring (bicyclic) bond motifs is 1. The molecule has 2 aromatic carbocycles. The summed E-state index contributed by atoms with van der Waals surface area (Å²) in [6, 6.07) is 12.4. The van der Waals surface area contributed by atoms with Gasteiger partial charge >= 0.3 is 6.03 Å². The highest BCUT2D eigenvalue weighted by molar-refractivity contribution is 6.30. The summed E-state index contributed by atoms with van der Waals surface area (Å²) in [4.78, 5) is 14.5. The predicted molar refractivity (Wildman–Crippen MR) is 101 cm³/mol. The molecule has 0 radical (unpaired) electrons. The maximum Gasteiger partial charge on any atom is 0.322 e. The van der Waals surface area contributed by atoms with Gasteiger partial charge in [0.25, 0.3) is 0 Å². The van der Waals surface area contributed by atoms with Crippen molar-refractivity contribution in [3.63, 3.8) is 0 Å². The maximum absolute atomic E-state index is 12.8. The van der Waals surface area contributed by atoms with Crippen LogP contribution in [0, 0.1) is 0 Å². The number of rotatable bonds is 2. The summed E-state index contributed by atoms with van der Waals surface area (Å²) in [5.74, 6) is 0.893. The van der Waals surface area contributed by atoms with E-state index < -0.39 is 6.10 Å². The molecule has 2 amide bonds. The summed E-state index contributed by atoms with van der Waals surface area (Å²) >= 11 is 5.95. The van der Waals surface area contributed by atoms with Gasteiger partial charge in [0.2, 0.25) is 0 Å². The maximum atomic E-state index is 12.8. The van der Waals surface area contributed by atoms with Crippen LogP contribution >= 0.6 is 11.6 Å².